The number of carbonyl (C=O) groups excluding carboxylic acids is 1. The zero-order valence-electron chi connectivity index (χ0n) is 9.66. The Kier molecular flexibility index (Phi) is 4.45. The van der Waals surface area contributed by atoms with Crippen LogP contribution in [0, 0.1) is 6.92 Å². The normalized spacial score (nSPS) is 9.94. The lowest BCUT2D eigenvalue weighted by molar-refractivity contribution is -0.116. The van der Waals surface area contributed by atoms with Crippen LogP contribution in [0.2, 0.25) is 0 Å². The van der Waals surface area contributed by atoms with Crippen molar-refractivity contribution in [3.63, 3.8) is 0 Å². The van der Waals surface area contributed by atoms with Crippen molar-refractivity contribution in [2.75, 3.05) is 6.54 Å². The summed E-state index contributed by atoms with van der Waals surface area (Å²) in [6, 6.07) is 0. The third-order valence-corrected chi connectivity index (χ3v) is 2.25. The van der Waals surface area contributed by atoms with E-state index in [0.717, 1.165) is 0 Å². The topological polar surface area (TPSA) is 84.0 Å². The zero-order chi connectivity index (χ0) is 12.8. The van der Waals surface area contributed by atoms with Gasteiger partial charge in [0.15, 0.2) is 0 Å². The van der Waals surface area contributed by atoms with Crippen molar-refractivity contribution in [3.05, 3.63) is 45.3 Å². The molecule has 1 aromatic rings. The molecule has 1 amide bonds. The number of rotatable bonds is 5. The van der Waals surface area contributed by atoms with Crippen LogP contribution in [0.15, 0.2) is 28.4 Å². The highest BCUT2D eigenvalue weighted by Crippen LogP contribution is 1.87. The summed E-state index contributed by atoms with van der Waals surface area (Å²) < 4.78 is 1.41. The van der Waals surface area contributed by atoms with Crippen molar-refractivity contribution < 1.29 is 4.79 Å². The van der Waals surface area contributed by atoms with Gasteiger partial charge in [0.1, 0.15) is 0 Å². The summed E-state index contributed by atoms with van der Waals surface area (Å²) >= 11 is 0. The van der Waals surface area contributed by atoms with Crippen molar-refractivity contribution in [1.82, 2.24) is 14.9 Å². The highest BCUT2D eigenvalue weighted by molar-refractivity contribution is 5.86. The molecule has 0 aliphatic heterocycles. The molecule has 0 saturated heterocycles. The van der Waals surface area contributed by atoms with Crippen molar-refractivity contribution >= 4 is 5.91 Å². The molecule has 0 saturated carbocycles. The van der Waals surface area contributed by atoms with Crippen molar-refractivity contribution in [1.29, 1.82) is 0 Å². The van der Waals surface area contributed by atoms with Gasteiger partial charge in [-0.15, -0.1) is 0 Å². The van der Waals surface area contributed by atoms with Crippen LogP contribution in [0.25, 0.3) is 0 Å². The molecule has 0 radical (unpaired) electrons. The number of H-pyrrole nitrogens is 1. The molecule has 0 fully saturated rings. The second-order valence-corrected chi connectivity index (χ2v) is 3.61. The lowest BCUT2D eigenvalue weighted by Crippen LogP contribution is -2.32. The minimum Gasteiger partial charge on any atom is -0.353 e. The van der Waals surface area contributed by atoms with Crippen LogP contribution in [0.3, 0.4) is 0 Å². The van der Waals surface area contributed by atoms with Gasteiger partial charge in [-0.1, -0.05) is 6.58 Å². The van der Waals surface area contributed by atoms with E-state index >= 15 is 0 Å². The Morgan fingerprint density at radius 3 is 2.94 bits per heavy atom. The van der Waals surface area contributed by atoms with Gasteiger partial charge < -0.3 is 9.88 Å². The van der Waals surface area contributed by atoms with E-state index in [9.17, 15) is 14.4 Å². The molecule has 6 nitrogen and oxygen atoms in total. The maximum atomic E-state index is 11.4. The molecule has 17 heavy (non-hydrogen) atoms. The van der Waals surface area contributed by atoms with Crippen LogP contribution in [0.1, 0.15) is 12.0 Å². The van der Waals surface area contributed by atoms with Gasteiger partial charge in [-0.05, 0) is 19.4 Å². The average Bonchev–Trinajstić information content (AvgIpc) is 2.30. The summed E-state index contributed by atoms with van der Waals surface area (Å²) in [6.45, 7) is 5.85. The number of hydrogen-bond donors (Lipinski definition) is 2. The Hall–Kier alpha value is -2.11. The molecule has 6 heteroatoms. The Bertz CT molecular complexity index is 527. The van der Waals surface area contributed by atoms with Gasteiger partial charge in [0.2, 0.25) is 5.91 Å². The molecule has 0 atom stereocenters. The molecular formula is C11H15N3O3. The van der Waals surface area contributed by atoms with Crippen molar-refractivity contribution in [2.45, 2.75) is 19.9 Å². The lowest BCUT2D eigenvalue weighted by Gasteiger charge is -2.06. The predicted molar refractivity (Wildman–Crippen MR) is 63.9 cm³/mol. The molecule has 1 aromatic heterocycles. The van der Waals surface area contributed by atoms with Crippen LogP contribution >= 0.6 is 0 Å². The number of aromatic nitrogens is 2. The Morgan fingerprint density at radius 1 is 1.59 bits per heavy atom. The summed E-state index contributed by atoms with van der Waals surface area (Å²) in [7, 11) is 0. The largest absolute Gasteiger partial charge is 0.353 e. The number of nitrogens with zero attached hydrogens (tertiary/aromatic N) is 1. The second kappa shape index (κ2) is 5.83. The van der Waals surface area contributed by atoms with E-state index in [1.165, 1.54) is 16.8 Å². The van der Waals surface area contributed by atoms with Crippen LogP contribution in [0.5, 0.6) is 0 Å². The van der Waals surface area contributed by atoms with E-state index in [-0.39, 0.29) is 11.5 Å². The first kappa shape index (κ1) is 13.0. The van der Waals surface area contributed by atoms with Gasteiger partial charge in [0, 0.05) is 24.8 Å². The van der Waals surface area contributed by atoms with Crippen molar-refractivity contribution in [3.8, 4) is 0 Å². The SMILES string of the molecule is C=CC(=O)NCCCn1cc(C)c(=O)[nH]c1=O. The second-order valence-electron chi connectivity index (χ2n) is 3.61. The summed E-state index contributed by atoms with van der Waals surface area (Å²) in [5.41, 5.74) is -0.318. The minimum atomic E-state index is -0.435. The summed E-state index contributed by atoms with van der Waals surface area (Å²) in [5, 5.41) is 2.60. The smallest absolute Gasteiger partial charge is 0.328 e. The molecule has 92 valence electrons. The third-order valence-electron chi connectivity index (χ3n) is 2.25. The Morgan fingerprint density at radius 2 is 2.29 bits per heavy atom. The number of hydrogen-bond acceptors (Lipinski definition) is 3. The molecule has 1 heterocycles. The van der Waals surface area contributed by atoms with Gasteiger partial charge in [0.05, 0.1) is 0 Å². The highest BCUT2D eigenvalue weighted by Gasteiger charge is 2.00. The van der Waals surface area contributed by atoms with Crippen molar-refractivity contribution in [2.24, 2.45) is 0 Å². The van der Waals surface area contributed by atoms with Crippen LogP contribution in [-0.4, -0.2) is 22.0 Å². The fraction of sp³-hybridized carbons (Fsp3) is 0.364. The van der Waals surface area contributed by atoms with Crippen LogP contribution in [-0.2, 0) is 11.3 Å². The maximum absolute atomic E-state index is 11.4. The standard InChI is InChI=1S/C11H15N3O3/c1-3-9(15)12-5-4-6-14-7-8(2)10(16)13-11(14)17/h3,7H,1,4-6H2,2H3,(H,12,15)(H,13,16,17). The highest BCUT2D eigenvalue weighted by atomic mass is 16.2. The molecule has 0 aromatic carbocycles. The maximum Gasteiger partial charge on any atom is 0.328 e. The first-order valence-electron chi connectivity index (χ1n) is 5.25. The molecule has 1 rings (SSSR count). The fourth-order valence-corrected chi connectivity index (χ4v) is 1.32. The molecule has 0 aliphatic rings. The van der Waals surface area contributed by atoms with E-state index < -0.39 is 5.69 Å². The molecule has 0 unspecified atom stereocenters. The van der Waals surface area contributed by atoms with E-state index in [1.54, 1.807) is 6.92 Å². The van der Waals surface area contributed by atoms with Gasteiger partial charge >= 0.3 is 5.69 Å². The molecule has 0 spiro atoms. The quantitative estimate of drug-likeness (QED) is 0.536. The van der Waals surface area contributed by atoms with Gasteiger partial charge in [-0.25, -0.2) is 4.79 Å². The number of aromatic amines is 1. The number of carbonyl (C=O) groups is 1. The number of aryl methyl sites for hydroxylation is 2. The number of nitrogens with one attached hydrogen (secondary N) is 2. The van der Waals surface area contributed by atoms with Crippen LogP contribution < -0.4 is 16.6 Å². The van der Waals surface area contributed by atoms with E-state index in [4.69, 9.17) is 0 Å². The third kappa shape index (κ3) is 3.75. The van der Waals surface area contributed by atoms with Gasteiger partial charge in [-0.2, -0.15) is 0 Å². The van der Waals surface area contributed by atoms with Gasteiger partial charge in [-0.3, -0.25) is 14.6 Å². The zero-order valence-corrected chi connectivity index (χ0v) is 9.66. The minimum absolute atomic E-state index is 0.241. The molecular weight excluding hydrogens is 222 g/mol. The lowest BCUT2D eigenvalue weighted by atomic mass is 10.3. The summed E-state index contributed by atoms with van der Waals surface area (Å²) in [4.78, 5) is 35.6. The van der Waals surface area contributed by atoms with E-state index in [1.807, 2.05) is 0 Å². The monoisotopic (exact) mass is 237 g/mol. The Balaban J connectivity index is 2.56. The first-order chi connectivity index (χ1) is 8.04. The van der Waals surface area contributed by atoms with E-state index in [0.29, 0.717) is 25.1 Å². The summed E-state index contributed by atoms with van der Waals surface area (Å²) in [5.74, 6) is -0.241. The number of amides is 1. The molecule has 0 bridgehead atoms. The molecule has 0 aliphatic carbocycles. The molecule has 2 N–H and O–H groups in total. The first-order valence-corrected chi connectivity index (χ1v) is 5.25. The van der Waals surface area contributed by atoms with Gasteiger partial charge in [0.25, 0.3) is 5.56 Å². The Labute approximate surface area is 98.0 Å². The van der Waals surface area contributed by atoms with Crippen LogP contribution in [0.4, 0.5) is 0 Å². The fourth-order valence-electron chi connectivity index (χ4n) is 1.32. The predicted octanol–water partition coefficient (Wildman–Crippen LogP) is -0.463. The summed E-state index contributed by atoms with van der Waals surface area (Å²) in [6.07, 6.45) is 3.30. The average molecular weight is 237 g/mol. The van der Waals surface area contributed by atoms with E-state index in [2.05, 4.69) is 16.9 Å².